The second-order valence-electron chi connectivity index (χ2n) is 4.61. The lowest BCUT2D eigenvalue weighted by molar-refractivity contribution is -0.132. The summed E-state index contributed by atoms with van der Waals surface area (Å²) in [4.78, 5) is 21.2. The third kappa shape index (κ3) is 6.68. The average molecular weight is 456 g/mol. The summed E-state index contributed by atoms with van der Waals surface area (Å²) < 4.78 is 0. The minimum absolute atomic E-state index is 0.353. The van der Waals surface area contributed by atoms with E-state index >= 15 is 0 Å². The summed E-state index contributed by atoms with van der Waals surface area (Å²) in [5.74, 6) is -1.76. The van der Waals surface area contributed by atoms with E-state index in [0.29, 0.717) is 21.8 Å². The predicted octanol–water partition coefficient (Wildman–Crippen LogP) is 4.83. The Morgan fingerprint density at radius 2 is 1.50 bits per heavy atom. The van der Waals surface area contributed by atoms with Crippen molar-refractivity contribution in [2.24, 2.45) is 0 Å². The highest BCUT2D eigenvalue weighted by molar-refractivity contribution is 9.09. The lowest BCUT2D eigenvalue weighted by Crippen LogP contribution is -2.00. The third-order valence-corrected chi connectivity index (χ3v) is 4.16. The van der Waals surface area contributed by atoms with E-state index in [-0.39, 0.29) is 0 Å². The zero-order chi connectivity index (χ0) is 17.9. The predicted molar refractivity (Wildman–Crippen MR) is 102 cm³/mol. The minimum Gasteiger partial charge on any atom is -0.478 e. The Hall–Kier alpha value is -1.92. The summed E-state index contributed by atoms with van der Waals surface area (Å²) in [6.07, 6.45) is 1.65. The van der Waals surface area contributed by atoms with Gasteiger partial charge < -0.3 is 10.2 Å². The van der Waals surface area contributed by atoms with Gasteiger partial charge in [0.25, 0.3) is 0 Å². The zero-order valence-electron chi connectivity index (χ0n) is 12.7. The van der Waals surface area contributed by atoms with E-state index in [1.807, 2.05) is 36.4 Å². The molecule has 2 N–H and O–H groups in total. The summed E-state index contributed by atoms with van der Waals surface area (Å²) in [7, 11) is 0. The van der Waals surface area contributed by atoms with Gasteiger partial charge in [0.15, 0.2) is 0 Å². The van der Waals surface area contributed by atoms with Crippen molar-refractivity contribution in [3.8, 4) is 0 Å². The number of rotatable bonds is 5. The normalized spacial score (nSPS) is 10.5. The van der Waals surface area contributed by atoms with E-state index in [4.69, 9.17) is 10.2 Å². The van der Waals surface area contributed by atoms with E-state index in [0.717, 1.165) is 11.1 Å². The molecule has 126 valence electrons. The Kier molecular flexibility index (Phi) is 9.04. The number of carboxylic acids is 2. The largest absolute Gasteiger partial charge is 0.478 e. The smallest absolute Gasteiger partial charge is 0.335 e. The lowest BCUT2D eigenvalue weighted by atomic mass is 10.1. The van der Waals surface area contributed by atoms with Gasteiger partial charge in [-0.25, -0.2) is 9.59 Å². The van der Waals surface area contributed by atoms with Crippen LogP contribution in [0.25, 0.3) is 6.08 Å². The van der Waals surface area contributed by atoms with E-state index in [2.05, 4.69) is 31.9 Å². The number of carboxylic acid groups (broad SMARTS) is 2. The highest BCUT2D eigenvalue weighted by Gasteiger charge is 2.06. The number of halogens is 2. The molecule has 0 unspecified atom stereocenters. The van der Waals surface area contributed by atoms with E-state index < -0.39 is 11.9 Å². The molecule has 0 spiro atoms. The van der Waals surface area contributed by atoms with Crippen LogP contribution in [0.5, 0.6) is 0 Å². The van der Waals surface area contributed by atoms with Crippen molar-refractivity contribution in [2.45, 2.75) is 5.33 Å². The number of alkyl halides is 2. The lowest BCUT2D eigenvalue weighted by Gasteiger charge is -1.99. The van der Waals surface area contributed by atoms with Crippen molar-refractivity contribution < 1.29 is 19.8 Å². The molecular weight excluding hydrogens is 440 g/mol. The highest BCUT2D eigenvalue weighted by Crippen LogP contribution is 2.11. The molecule has 0 bridgehead atoms. The topological polar surface area (TPSA) is 74.6 Å². The molecule has 6 heteroatoms. The van der Waals surface area contributed by atoms with Gasteiger partial charge in [0, 0.05) is 16.2 Å². The number of hydrogen-bond donors (Lipinski definition) is 2. The van der Waals surface area contributed by atoms with Gasteiger partial charge in [-0.05, 0) is 23.3 Å². The van der Waals surface area contributed by atoms with Crippen LogP contribution in [0.15, 0.2) is 60.2 Å². The molecule has 0 saturated carbocycles. The Balaban J connectivity index is 0.000000243. The van der Waals surface area contributed by atoms with Crippen molar-refractivity contribution in [3.63, 3.8) is 0 Å². The van der Waals surface area contributed by atoms with Crippen molar-refractivity contribution in [1.29, 1.82) is 0 Å². The van der Waals surface area contributed by atoms with Crippen molar-refractivity contribution in [1.82, 2.24) is 0 Å². The third-order valence-electron chi connectivity index (χ3n) is 2.95. The van der Waals surface area contributed by atoms with Gasteiger partial charge >= 0.3 is 11.9 Å². The summed E-state index contributed by atoms with van der Waals surface area (Å²) in [6, 6.07) is 16.3. The van der Waals surface area contributed by atoms with Crippen LogP contribution in [0.3, 0.4) is 0 Å². The molecule has 0 radical (unpaired) electrons. The van der Waals surface area contributed by atoms with Crippen LogP contribution in [0.1, 0.15) is 21.5 Å². The summed E-state index contributed by atoms with van der Waals surface area (Å²) in [6.45, 7) is 0. The van der Waals surface area contributed by atoms with Crippen molar-refractivity contribution in [3.05, 3.63) is 76.9 Å². The fourth-order valence-corrected chi connectivity index (χ4v) is 2.64. The first kappa shape index (κ1) is 20.1. The Morgan fingerprint density at radius 3 is 1.96 bits per heavy atom. The SMILES string of the molecule is O=C(O)/C(=C/c1ccccc1)CBr.O=C(O)c1ccccc1CBr. The molecule has 2 aromatic rings. The first-order valence-corrected chi connectivity index (χ1v) is 9.16. The van der Waals surface area contributed by atoms with E-state index in [1.165, 1.54) is 0 Å². The molecule has 0 heterocycles. The molecule has 2 aromatic carbocycles. The molecule has 0 amide bonds. The summed E-state index contributed by atoms with van der Waals surface area (Å²) >= 11 is 6.34. The van der Waals surface area contributed by atoms with Crippen LogP contribution in [-0.4, -0.2) is 27.5 Å². The molecule has 0 saturated heterocycles. The van der Waals surface area contributed by atoms with Crippen LogP contribution < -0.4 is 0 Å². The molecule has 0 aliphatic heterocycles. The number of hydrogen-bond acceptors (Lipinski definition) is 2. The fourth-order valence-electron chi connectivity index (χ4n) is 1.75. The van der Waals surface area contributed by atoms with Crippen LogP contribution in [0.4, 0.5) is 0 Å². The molecular formula is C18H16Br2O4. The van der Waals surface area contributed by atoms with Gasteiger partial charge in [-0.2, -0.15) is 0 Å². The van der Waals surface area contributed by atoms with Crippen LogP contribution in [-0.2, 0) is 10.1 Å². The second kappa shape index (κ2) is 10.8. The van der Waals surface area contributed by atoms with E-state index in [9.17, 15) is 9.59 Å². The van der Waals surface area contributed by atoms with Gasteiger partial charge in [0.05, 0.1) is 5.56 Å². The Labute approximate surface area is 157 Å². The van der Waals surface area contributed by atoms with Gasteiger partial charge in [-0.3, -0.25) is 0 Å². The molecule has 24 heavy (non-hydrogen) atoms. The summed E-state index contributed by atoms with van der Waals surface area (Å²) in [5.41, 5.74) is 2.43. The summed E-state index contributed by atoms with van der Waals surface area (Å²) in [5, 5.41) is 18.3. The number of carbonyl (C=O) groups is 2. The zero-order valence-corrected chi connectivity index (χ0v) is 15.8. The van der Waals surface area contributed by atoms with Gasteiger partial charge in [0.1, 0.15) is 0 Å². The maximum absolute atomic E-state index is 10.6. The maximum Gasteiger partial charge on any atom is 0.335 e. The van der Waals surface area contributed by atoms with Gasteiger partial charge in [-0.15, -0.1) is 0 Å². The average Bonchev–Trinajstić information content (AvgIpc) is 2.60. The monoisotopic (exact) mass is 454 g/mol. The molecule has 0 aliphatic rings. The van der Waals surface area contributed by atoms with Crippen molar-refractivity contribution >= 4 is 49.9 Å². The molecule has 2 rings (SSSR count). The molecule has 0 aromatic heterocycles. The van der Waals surface area contributed by atoms with Gasteiger partial charge in [-0.1, -0.05) is 80.4 Å². The van der Waals surface area contributed by atoms with Crippen LogP contribution in [0.2, 0.25) is 0 Å². The Bertz CT molecular complexity index is 712. The Morgan fingerprint density at radius 1 is 0.917 bits per heavy atom. The number of aromatic carboxylic acids is 1. The van der Waals surface area contributed by atoms with Crippen LogP contribution >= 0.6 is 31.9 Å². The molecule has 0 atom stereocenters. The van der Waals surface area contributed by atoms with Crippen LogP contribution in [0, 0.1) is 0 Å². The quantitative estimate of drug-likeness (QED) is 0.500. The van der Waals surface area contributed by atoms with E-state index in [1.54, 1.807) is 24.3 Å². The van der Waals surface area contributed by atoms with Gasteiger partial charge in [0.2, 0.25) is 0 Å². The minimum atomic E-state index is -0.888. The first-order valence-electron chi connectivity index (χ1n) is 6.91. The number of aliphatic carboxylic acids is 1. The maximum atomic E-state index is 10.6. The standard InChI is InChI=1S/C10H9BrO2.C8H7BrO2/c11-7-9(10(12)13)6-8-4-2-1-3-5-8;9-5-6-3-1-2-4-7(6)8(10)11/h1-6H,7H2,(H,12,13);1-4H,5H2,(H,10,11)/b9-6+;. The first-order chi connectivity index (χ1) is 11.5. The molecule has 4 nitrogen and oxygen atoms in total. The second-order valence-corrected chi connectivity index (χ2v) is 5.74. The number of benzene rings is 2. The highest BCUT2D eigenvalue weighted by atomic mass is 79.9. The fraction of sp³-hybridized carbons (Fsp3) is 0.111. The molecule has 0 aliphatic carbocycles. The molecule has 0 fully saturated rings. The van der Waals surface area contributed by atoms with Crippen molar-refractivity contribution in [2.75, 3.05) is 5.33 Å².